The number of halogens is 2. The van der Waals surface area contributed by atoms with Crippen LogP contribution in [0.2, 0.25) is 0 Å². The standard InChI is InChI=1S/C21H16F2N2O3S/c22-15-4-5-16(20(23)8-15)19-9-18-14(10-25-21(18)26)7-17(19)13-3-1-2-12(6-13)11-29(24,27)28/h1-9H,10-11H2,(H,25,26)(H2,24,27,28). The Morgan fingerprint density at radius 3 is 2.45 bits per heavy atom. The molecule has 4 rings (SSSR count). The second kappa shape index (κ2) is 7.06. The van der Waals surface area contributed by atoms with Gasteiger partial charge in [0, 0.05) is 23.7 Å². The number of hydrogen-bond acceptors (Lipinski definition) is 3. The number of rotatable bonds is 4. The second-order valence-electron chi connectivity index (χ2n) is 6.87. The SMILES string of the molecule is NS(=O)(=O)Cc1cccc(-c2cc3c(cc2-c2ccc(F)cc2F)C(=O)NC3)c1. The molecule has 0 aromatic heterocycles. The molecule has 1 heterocycles. The molecule has 0 saturated heterocycles. The van der Waals surface area contributed by atoms with Crippen LogP contribution in [0.3, 0.4) is 0 Å². The number of benzene rings is 3. The van der Waals surface area contributed by atoms with E-state index in [1.54, 1.807) is 36.4 Å². The summed E-state index contributed by atoms with van der Waals surface area (Å²) in [5.41, 5.74) is 3.42. The third-order valence-corrected chi connectivity index (χ3v) is 5.49. The van der Waals surface area contributed by atoms with Crippen molar-refractivity contribution in [3.8, 4) is 22.3 Å². The lowest BCUT2D eigenvalue weighted by Crippen LogP contribution is -2.14. The van der Waals surface area contributed by atoms with Gasteiger partial charge in [-0.3, -0.25) is 4.79 Å². The van der Waals surface area contributed by atoms with Gasteiger partial charge in [-0.05, 0) is 52.1 Å². The Hall–Kier alpha value is -3.10. The summed E-state index contributed by atoms with van der Waals surface area (Å²) in [6.45, 7) is 0.338. The molecule has 0 bridgehead atoms. The molecule has 0 spiro atoms. The maximum absolute atomic E-state index is 14.5. The number of nitrogens with one attached hydrogen (secondary N) is 1. The van der Waals surface area contributed by atoms with Crippen LogP contribution in [-0.2, 0) is 22.3 Å². The minimum absolute atomic E-state index is 0.140. The van der Waals surface area contributed by atoms with Gasteiger partial charge in [-0.25, -0.2) is 22.3 Å². The first-order chi connectivity index (χ1) is 13.7. The summed E-state index contributed by atoms with van der Waals surface area (Å²) >= 11 is 0. The Kier molecular flexibility index (Phi) is 4.68. The van der Waals surface area contributed by atoms with Gasteiger partial charge < -0.3 is 5.32 Å². The maximum Gasteiger partial charge on any atom is 0.251 e. The Morgan fingerprint density at radius 1 is 0.931 bits per heavy atom. The summed E-state index contributed by atoms with van der Waals surface area (Å²) in [5.74, 6) is -2.07. The number of nitrogens with two attached hydrogens (primary N) is 1. The Bertz CT molecular complexity index is 1260. The van der Waals surface area contributed by atoms with E-state index in [2.05, 4.69) is 5.32 Å². The summed E-state index contributed by atoms with van der Waals surface area (Å²) in [6, 6.07) is 13.3. The fraction of sp³-hybridized carbons (Fsp3) is 0.0952. The van der Waals surface area contributed by atoms with Crippen LogP contribution in [0.4, 0.5) is 8.78 Å². The van der Waals surface area contributed by atoms with Crippen molar-refractivity contribution in [3.63, 3.8) is 0 Å². The van der Waals surface area contributed by atoms with Gasteiger partial charge >= 0.3 is 0 Å². The van der Waals surface area contributed by atoms with Crippen molar-refractivity contribution in [2.75, 3.05) is 0 Å². The predicted octanol–water partition coefficient (Wildman–Crippen LogP) is 3.33. The third kappa shape index (κ3) is 3.90. The van der Waals surface area contributed by atoms with Crippen LogP contribution in [-0.4, -0.2) is 14.3 Å². The van der Waals surface area contributed by atoms with E-state index in [0.717, 1.165) is 17.7 Å². The smallest absolute Gasteiger partial charge is 0.251 e. The number of hydrogen-bond donors (Lipinski definition) is 2. The lowest BCUT2D eigenvalue weighted by atomic mass is 9.90. The van der Waals surface area contributed by atoms with Crippen molar-refractivity contribution < 1.29 is 22.0 Å². The van der Waals surface area contributed by atoms with Crippen LogP contribution in [0.25, 0.3) is 22.3 Å². The minimum atomic E-state index is -3.72. The molecule has 0 fully saturated rings. The van der Waals surface area contributed by atoms with E-state index in [-0.39, 0.29) is 17.2 Å². The molecule has 29 heavy (non-hydrogen) atoms. The average molecular weight is 414 g/mol. The summed E-state index contributed by atoms with van der Waals surface area (Å²) in [6.07, 6.45) is 0. The van der Waals surface area contributed by atoms with E-state index in [4.69, 9.17) is 5.14 Å². The van der Waals surface area contributed by atoms with Crippen LogP contribution < -0.4 is 10.5 Å². The quantitative estimate of drug-likeness (QED) is 0.686. The van der Waals surface area contributed by atoms with Gasteiger partial charge in [-0.1, -0.05) is 24.3 Å². The molecule has 5 nitrogen and oxygen atoms in total. The molecule has 0 radical (unpaired) electrons. The van der Waals surface area contributed by atoms with Crippen molar-refractivity contribution >= 4 is 15.9 Å². The van der Waals surface area contributed by atoms with Crippen LogP contribution in [0, 0.1) is 11.6 Å². The molecule has 3 N–H and O–H groups in total. The van der Waals surface area contributed by atoms with Crippen molar-refractivity contribution in [3.05, 3.63) is 82.9 Å². The lowest BCUT2D eigenvalue weighted by Gasteiger charge is -2.14. The van der Waals surface area contributed by atoms with E-state index in [0.29, 0.717) is 34.4 Å². The van der Waals surface area contributed by atoms with E-state index in [9.17, 15) is 22.0 Å². The van der Waals surface area contributed by atoms with Gasteiger partial charge in [0.1, 0.15) is 11.6 Å². The third-order valence-electron chi connectivity index (χ3n) is 4.75. The molecular formula is C21H16F2N2O3S. The van der Waals surface area contributed by atoms with Gasteiger partial charge in [0.05, 0.1) is 5.75 Å². The number of sulfonamides is 1. The summed E-state index contributed by atoms with van der Waals surface area (Å²) in [4.78, 5) is 12.1. The van der Waals surface area contributed by atoms with Crippen LogP contribution in [0.5, 0.6) is 0 Å². The predicted molar refractivity (Wildman–Crippen MR) is 105 cm³/mol. The van der Waals surface area contributed by atoms with Crippen LogP contribution in [0.15, 0.2) is 54.6 Å². The van der Waals surface area contributed by atoms with E-state index >= 15 is 0 Å². The molecular weight excluding hydrogens is 398 g/mol. The Balaban J connectivity index is 1.94. The van der Waals surface area contributed by atoms with E-state index in [1.165, 1.54) is 6.07 Å². The number of fused-ring (bicyclic) bond motifs is 1. The summed E-state index contributed by atoms with van der Waals surface area (Å²) < 4.78 is 50.9. The first-order valence-corrected chi connectivity index (χ1v) is 10.4. The van der Waals surface area contributed by atoms with E-state index in [1.807, 2.05) is 0 Å². The fourth-order valence-corrected chi connectivity index (χ4v) is 4.15. The second-order valence-corrected chi connectivity index (χ2v) is 8.48. The monoisotopic (exact) mass is 414 g/mol. The lowest BCUT2D eigenvalue weighted by molar-refractivity contribution is 0.0965. The van der Waals surface area contributed by atoms with Crippen molar-refractivity contribution in [1.82, 2.24) is 5.32 Å². The Morgan fingerprint density at radius 2 is 1.72 bits per heavy atom. The molecule has 0 atom stereocenters. The molecule has 148 valence electrons. The highest BCUT2D eigenvalue weighted by atomic mass is 32.2. The first kappa shape index (κ1) is 19.2. The zero-order chi connectivity index (χ0) is 20.8. The van der Waals surface area contributed by atoms with E-state index < -0.39 is 21.7 Å². The minimum Gasteiger partial charge on any atom is -0.348 e. The molecule has 3 aromatic rings. The molecule has 3 aromatic carbocycles. The van der Waals surface area contributed by atoms with Gasteiger partial charge in [0.15, 0.2) is 0 Å². The van der Waals surface area contributed by atoms with Crippen LogP contribution >= 0.6 is 0 Å². The van der Waals surface area contributed by atoms with Gasteiger partial charge in [0.25, 0.3) is 5.91 Å². The first-order valence-electron chi connectivity index (χ1n) is 8.71. The zero-order valence-corrected chi connectivity index (χ0v) is 15.9. The molecule has 8 heteroatoms. The van der Waals surface area contributed by atoms with Crippen molar-refractivity contribution in [2.24, 2.45) is 5.14 Å². The number of carbonyl (C=O) groups excluding carboxylic acids is 1. The molecule has 1 amide bonds. The Labute approximate surface area is 166 Å². The summed E-state index contributed by atoms with van der Waals surface area (Å²) in [5, 5.41) is 7.86. The fourth-order valence-electron chi connectivity index (χ4n) is 3.50. The highest BCUT2D eigenvalue weighted by Crippen LogP contribution is 2.37. The normalized spacial score (nSPS) is 13.3. The topological polar surface area (TPSA) is 89.3 Å². The number of primary sulfonamides is 1. The molecule has 0 unspecified atom stereocenters. The highest BCUT2D eigenvalue weighted by molar-refractivity contribution is 7.88. The molecule has 0 aliphatic carbocycles. The van der Waals surface area contributed by atoms with Gasteiger partial charge in [-0.15, -0.1) is 0 Å². The van der Waals surface area contributed by atoms with Crippen molar-refractivity contribution in [1.29, 1.82) is 0 Å². The average Bonchev–Trinajstić information content (AvgIpc) is 3.00. The van der Waals surface area contributed by atoms with Gasteiger partial charge in [0.2, 0.25) is 10.0 Å². The number of amides is 1. The summed E-state index contributed by atoms with van der Waals surface area (Å²) in [7, 11) is -3.72. The van der Waals surface area contributed by atoms with Crippen molar-refractivity contribution in [2.45, 2.75) is 12.3 Å². The zero-order valence-electron chi connectivity index (χ0n) is 15.1. The largest absolute Gasteiger partial charge is 0.348 e. The molecule has 0 saturated carbocycles. The highest BCUT2D eigenvalue weighted by Gasteiger charge is 2.23. The number of carbonyl (C=O) groups is 1. The molecule has 1 aliphatic rings. The van der Waals surface area contributed by atoms with Gasteiger partial charge in [-0.2, -0.15) is 0 Å². The molecule has 1 aliphatic heterocycles. The maximum atomic E-state index is 14.5. The van der Waals surface area contributed by atoms with Crippen LogP contribution in [0.1, 0.15) is 21.5 Å².